The normalized spacial score (nSPS) is 11.8. The Kier molecular flexibility index (Phi) is 2.97. The molecule has 0 aromatic carbocycles. The number of H-pyrrole nitrogens is 3. The zero-order valence-electron chi connectivity index (χ0n) is 10.6. The minimum Gasteiger partial charge on any atom is -0.359 e. The second-order valence-electron chi connectivity index (χ2n) is 4.49. The first-order valence-corrected chi connectivity index (χ1v) is 6.07. The molecule has 3 aromatic rings. The maximum absolute atomic E-state index is 12.9. The van der Waals surface area contributed by atoms with Crippen molar-refractivity contribution >= 4 is 6.29 Å². The Morgan fingerprint density at radius 2 is 1.57 bits per heavy atom. The van der Waals surface area contributed by atoms with Crippen LogP contribution in [-0.4, -0.2) is 21.2 Å². The van der Waals surface area contributed by atoms with Crippen LogP contribution in [0.25, 0.3) is 22.8 Å². The highest BCUT2D eigenvalue weighted by atomic mass is 19.4. The molecule has 7 heteroatoms. The molecule has 3 N–H and O–H groups in total. The highest BCUT2D eigenvalue weighted by molar-refractivity contribution is 5.75. The van der Waals surface area contributed by atoms with E-state index in [1.807, 2.05) is 0 Å². The molecule has 0 saturated heterocycles. The van der Waals surface area contributed by atoms with Gasteiger partial charge in [-0.1, -0.05) is 0 Å². The zero-order valence-corrected chi connectivity index (χ0v) is 10.6. The fourth-order valence-corrected chi connectivity index (χ4v) is 2.16. The van der Waals surface area contributed by atoms with Crippen LogP contribution < -0.4 is 0 Å². The van der Waals surface area contributed by atoms with E-state index in [1.54, 1.807) is 24.3 Å². The smallest absolute Gasteiger partial charge is 0.359 e. The number of carbonyl (C=O) groups excluding carboxylic acids is 1. The van der Waals surface area contributed by atoms with Gasteiger partial charge in [0.2, 0.25) is 0 Å². The lowest BCUT2D eigenvalue weighted by atomic mass is 10.2. The molecular formula is C14H10F3N3O. The summed E-state index contributed by atoms with van der Waals surface area (Å²) in [5.74, 6) is 0. The van der Waals surface area contributed by atoms with E-state index in [-0.39, 0.29) is 5.69 Å². The van der Waals surface area contributed by atoms with Crippen molar-refractivity contribution in [3.05, 3.63) is 47.8 Å². The first-order chi connectivity index (χ1) is 9.99. The number of aldehydes is 1. The number of alkyl halides is 3. The molecule has 108 valence electrons. The number of aromatic nitrogens is 3. The van der Waals surface area contributed by atoms with E-state index in [0.717, 1.165) is 6.07 Å². The second-order valence-corrected chi connectivity index (χ2v) is 4.49. The fraction of sp³-hybridized carbons (Fsp3) is 0.0714. The average Bonchev–Trinajstić information content (AvgIpc) is 3.16. The Morgan fingerprint density at radius 3 is 2.24 bits per heavy atom. The average molecular weight is 293 g/mol. The van der Waals surface area contributed by atoms with Crippen LogP contribution in [0.15, 0.2) is 36.5 Å². The minimum absolute atomic E-state index is 0.0177. The number of hydrogen-bond acceptors (Lipinski definition) is 1. The molecule has 3 aromatic heterocycles. The van der Waals surface area contributed by atoms with E-state index in [1.165, 1.54) is 6.20 Å². The topological polar surface area (TPSA) is 64.4 Å². The summed E-state index contributed by atoms with van der Waals surface area (Å²) in [5.41, 5.74) is 1.21. The van der Waals surface area contributed by atoms with Crippen LogP contribution in [0.5, 0.6) is 0 Å². The van der Waals surface area contributed by atoms with E-state index in [4.69, 9.17) is 0 Å². The van der Waals surface area contributed by atoms with Crippen molar-refractivity contribution in [3.8, 4) is 22.8 Å². The Bertz CT molecular complexity index is 779. The van der Waals surface area contributed by atoms with Crippen molar-refractivity contribution < 1.29 is 18.0 Å². The third kappa shape index (κ3) is 2.37. The van der Waals surface area contributed by atoms with E-state index in [0.29, 0.717) is 29.1 Å². The van der Waals surface area contributed by atoms with Crippen molar-refractivity contribution in [2.45, 2.75) is 6.18 Å². The summed E-state index contributed by atoms with van der Waals surface area (Å²) in [6.45, 7) is 0. The molecular weight excluding hydrogens is 283 g/mol. The van der Waals surface area contributed by atoms with E-state index < -0.39 is 11.7 Å². The predicted octanol–water partition coefficient (Wildman–Crippen LogP) is 3.84. The molecule has 3 rings (SSSR count). The SMILES string of the molecule is O=Cc1ccc(-c2ccc(-c3[nH]ccc3C(F)(F)F)[nH]2)[nH]1. The van der Waals surface area contributed by atoms with Crippen LogP contribution in [0.3, 0.4) is 0 Å². The molecule has 4 nitrogen and oxygen atoms in total. The minimum atomic E-state index is -4.42. The number of aromatic amines is 3. The lowest BCUT2D eigenvalue weighted by Gasteiger charge is -2.06. The second kappa shape index (κ2) is 4.69. The molecule has 0 aliphatic carbocycles. The largest absolute Gasteiger partial charge is 0.418 e. The van der Waals surface area contributed by atoms with Gasteiger partial charge in [-0.2, -0.15) is 13.2 Å². The third-order valence-corrected chi connectivity index (χ3v) is 3.13. The maximum atomic E-state index is 12.9. The lowest BCUT2D eigenvalue weighted by molar-refractivity contribution is -0.137. The molecule has 0 unspecified atom stereocenters. The zero-order chi connectivity index (χ0) is 15.0. The van der Waals surface area contributed by atoms with Crippen molar-refractivity contribution in [2.75, 3.05) is 0 Å². The molecule has 0 radical (unpaired) electrons. The molecule has 0 fully saturated rings. The lowest BCUT2D eigenvalue weighted by Crippen LogP contribution is -2.05. The molecule has 0 aliphatic heterocycles. The van der Waals surface area contributed by atoms with E-state index in [9.17, 15) is 18.0 Å². The standard InChI is InChI=1S/C14H10F3N3O/c15-14(16,17)9-5-6-18-13(9)12-4-3-11(20-12)10-2-1-8(7-21)19-10/h1-7,18-20H. The van der Waals surface area contributed by atoms with E-state index in [2.05, 4.69) is 15.0 Å². The van der Waals surface area contributed by atoms with Gasteiger partial charge in [-0.25, -0.2) is 0 Å². The van der Waals surface area contributed by atoms with Crippen LogP contribution >= 0.6 is 0 Å². The monoisotopic (exact) mass is 293 g/mol. The van der Waals surface area contributed by atoms with Crippen molar-refractivity contribution in [1.29, 1.82) is 0 Å². The summed E-state index contributed by atoms with van der Waals surface area (Å²) in [5, 5.41) is 0. The van der Waals surface area contributed by atoms with Crippen LogP contribution in [0.1, 0.15) is 16.1 Å². The van der Waals surface area contributed by atoms with Gasteiger partial charge in [-0.15, -0.1) is 0 Å². The maximum Gasteiger partial charge on any atom is 0.418 e. The highest BCUT2D eigenvalue weighted by Gasteiger charge is 2.34. The summed E-state index contributed by atoms with van der Waals surface area (Å²) >= 11 is 0. The molecule has 0 amide bonds. The van der Waals surface area contributed by atoms with Gasteiger partial charge in [0.25, 0.3) is 0 Å². The molecule has 0 saturated carbocycles. The molecule has 0 atom stereocenters. The number of halogens is 3. The van der Waals surface area contributed by atoms with Crippen molar-refractivity contribution in [2.24, 2.45) is 0 Å². The van der Waals surface area contributed by atoms with Gasteiger partial charge in [0.15, 0.2) is 6.29 Å². The summed E-state index contributed by atoms with van der Waals surface area (Å²) in [6, 6.07) is 7.47. The number of rotatable bonds is 3. The van der Waals surface area contributed by atoms with Crippen LogP contribution in [0, 0.1) is 0 Å². The third-order valence-electron chi connectivity index (χ3n) is 3.13. The Balaban J connectivity index is 1.99. The molecule has 0 spiro atoms. The van der Waals surface area contributed by atoms with E-state index >= 15 is 0 Å². The first-order valence-electron chi connectivity index (χ1n) is 6.07. The number of nitrogens with one attached hydrogen (secondary N) is 3. The molecule has 0 bridgehead atoms. The van der Waals surface area contributed by atoms with Gasteiger partial charge >= 0.3 is 6.18 Å². The van der Waals surface area contributed by atoms with Gasteiger partial charge in [0.05, 0.1) is 34.0 Å². The van der Waals surface area contributed by atoms with Crippen molar-refractivity contribution in [1.82, 2.24) is 15.0 Å². The van der Waals surface area contributed by atoms with Crippen LogP contribution in [0.2, 0.25) is 0 Å². The predicted molar refractivity (Wildman–Crippen MR) is 70.8 cm³/mol. The quantitative estimate of drug-likeness (QED) is 0.631. The highest BCUT2D eigenvalue weighted by Crippen LogP contribution is 2.36. The number of carbonyl (C=O) groups is 1. The molecule has 21 heavy (non-hydrogen) atoms. The van der Waals surface area contributed by atoms with Gasteiger partial charge in [-0.3, -0.25) is 4.79 Å². The fourth-order valence-electron chi connectivity index (χ4n) is 2.16. The molecule has 3 heterocycles. The van der Waals surface area contributed by atoms with Crippen molar-refractivity contribution in [3.63, 3.8) is 0 Å². The van der Waals surface area contributed by atoms with Crippen LogP contribution in [-0.2, 0) is 6.18 Å². The Morgan fingerprint density at radius 1 is 0.905 bits per heavy atom. The molecule has 0 aliphatic rings. The summed E-state index contributed by atoms with van der Waals surface area (Å²) < 4.78 is 38.6. The Labute approximate surface area is 117 Å². The van der Waals surface area contributed by atoms with Gasteiger partial charge < -0.3 is 15.0 Å². The van der Waals surface area contributed by atoms with Crippen LogP contribution in [0.4, 0.5) is 13.2 Å². The number of hydrogen-bond donors (Lipinski definition) is 3. The Hall–Kier alpha value is -2.70. The van der Waals surface area contributed by atoms with Gasteiger partial charge in [-0.05, 0) is 30.3 Å². The van der Waals surface area contributed by atoms with Gasteiger partial charge in [0, 0.05) is 6.20 Å². The summed E-state index contributed by atoms with van der Waals surface area (Å²) in [4.78, 5) is 19.0. The summed E-state index contributed by atoms with van der Waals surface area (Å²) in [7, 11) is 0. The summed E-state index contributed by atoms with van der Waals surface area (Å²) in [6.07, 6.45) is -2.50. The first kappa shape index (κ1) is 13.3. The van der Waals surface area contributed by atoms with Gasteiger partial charge in [0.1, 0.15) is 0 Å².